The molecule has 122 valence electrons. The van der Waals surface area contributed by atoms with Gasteiger partial charge in [-0.3, -0.25) is 4.79 Å². The monoisotopic (exact) mass is 315 g/mol. The minimum Gasteiger partial charge on any atom is -0.497 e. The second-order valence-corrected chi connectivity index (χ2v) is 5.93. The molecule has 1 fully saturated rings. The zero-order chi connectivity index (χ0) is 16.4. The predicted octanol–water partition coefficient (Wildman–Crippen LogP) is 2.92. The number of rotatable bonds is 5. The Bertz CT molecular complexity index is 679. The van der Waals surface area contributed by atoms with E-state index in [0.29, 0.717) is 11.7 Å². The van der Waals surface area contributed by atoms with Crippen LogP contribution in [0.3, 0.4) is 0 Å². The van der Waals surface area contributed by atoms with Gasteiger partial charge in [0.1, 0.15) is 11.5 Å². The molecule has 0 bridgehead atoms. The van der Waals surface area contributed by atoms with E-state index in [1.807, 2.05) is 36.1 Å². The van der Waals surface area contributed by atoms with Crippen LogP contribution in [-0.4, -0.2) is 38.1 Å². The lowest BCUT2D eigenvalue weighted by molar-refractivity contribution is 0.0468. The van der Waals surface area contributed by atoms with Crippen molar-refractivity contribution >= 4 is 5.91 Å². The van der Waals surface area contributed by atoms with E-state index in [1.165, 1.54) is 0 Å². The number of hydrogen-bond acceptors (Lipinski definition) is 4. The molecule has 1 aliphatic heterocycles. The Kier molecular flexibility index (Phi) is 4.28. The van der Waals surface area contributed by atoms with Crippen molar-refractivity contribution in [2.75, 3.05) is 27.3 Å². The first kappa shape index (κ1) is 15.5. The van der Waals surface area contributed by atoms with Gasteiger partial charge in [-0.05, 0) is 43.0 Å². The van der Waals surface area contributed by atoms with Gasteiger partial charge in [-0.1, -0.05) is 0 Å². The van der Waals surface area contributed by atoms with Crippen molar-refractivity contribution in [3.63, 3.8) is 0 Å². The number of carbonyl (C=O) groups excluding carboxylic acids is 1. The van der Waals surface area contributed by atoms with Crippen molar-refractivity contribution < 1.29 is 18.7 Å². The summed E-state index contributed by atoms with van der Waals surface area (Å²) in [6, 6.07) is 7.71. The molecule has 0 atom stereocenters. The summed E-state index contributed by atoms with van der Waals surface area (Å²) in [5.41, 5.74) is 2.04. The number of hydrogen-bond donors (Lipinski definition) is 0. The molecule has 1 amide bonds. The van der Waals surface area contributed by atoms with Crippen molar-refractivity contribution in [3.05, 3.63) is 47.4 Å². The molecule has 0 spiro atoms. The molecule has 0 unspecified atom stereocenters. The fourth-order valence-corrected chi connectivity index (χ4v) is 2.92. The largest absolute Gasteiger partial charge is 0.497 e. The Morgan fingerprint density at radius 1 is 1.22 bits per heavy atom. The third kappa shape index (κ3) is 3.18. The molecule has 2 aromatic rings. The molecule has 1 aromatic carbocycles. The van der Waals surface area contributed by atoms with Gasteiger partial charge in [-0.2, -0.15) is 0 Å². The van der Waals surface area contributed by atoms with Gasteiger partial charge < -0.3 is 18.8 Å². The highest BCUT2D eigenvalue weighted by Crippen LogP contribution is 2.28. The average molecular weight is 315 g/mol. The summed E-state index contributed by atoms with van der Waals surface area (Å²) in [6.45, 7) is 3.38. The molecule has 1 aromatic heterocycles. The van der Waals surface area contributed by atoms with Crippen LogP contribution in [0.25, 0.3) is 0 Å². The van der Waals surface area contributed by atoms with Crippen LogP contribution in [0.5, 0.6) is 11.5 Å². The maximum absolute atomic E-state index is 12.3. The molecular weight excluding hydrogens is 294 g/mol. The first-order chi connectivity index (χ1) is 11.1. The van der Waals surface area contributed by atoms with E-state index in [2.05, 4.69) is 0 Å². The van der Waals surface area contributed by atoms with E-state index >= 15 is 0 Å². The lowest BCUT2D eigenvalue weighted by Crippen LogP contribution is -2.50. The first-order valence-corrected chi connectivity index (χ1v) is 7.66. The van der Waals surface area contributed by atoms with Gasteiger partial charge >= 0.3 is 0 Å². The van der Waals surface area contributed by atoms with Crippen LogP contribution in [0, 0.1) is 12.8 Å². The van der Waals surface area contributed by atoms with Crippen LogP contribution in [0.2, 0.25) is 0 Å². The molecule has 1 saturated heterocycles. The van der Waals surface area contributed by atoms with Crippen molar-refractivity contribution in [1.82, 2.24) is 4.90 Å². The molecule has 0 saturated carbocycles. The first-order valence-electron chi connectivity index (χ1n) is 7.66. The quantitative estimate of drug-likeness (QED) is 0.851. The summed E-state index contributed by atoms with van der Waals surface area (Å²) in [5.74, 6) is 2.46. The van der Waals surface area contributed by atoms with Crippen LogP contribution >= 0.6 is 0 Å². The van der Waals surface area contributed by atoms with Gasteiger partial charge in [-0.15, -0.1) is 0 Å². The van der Waals surface area contributed by atoms with Crippen LogP contribution in [0.1, 0.15) is 21.7 Å². The summed E-state index contributed by atoms with van der Waals surface area (Å²) < 4.78 is 15.9. The highest BCUT2D eigenvalue weighted by molar-refractivity contribution is 5.93. The van der Waals surface area contributed by atoms with Crippen molar-refractivity contribution in [2.45, 2.75) is 13.3 Å². The normalized spacial score (nSPS) is 14.5. The van der Waals surface area contributed by atoms with Crippen LogP contribution in [0.15, 0.2) is 34.9 Å². The van der Waals surface area contributed by atoms with Gasteiger partial charge in [0.15, 0.2) is 5.76 Å². The van der Waals surface area contributed by atoms with Gasteiger partial charge in [0, 0.05) is 24.7 Å². The fraction of sp³-hybridized carbons (Fsp3) is 0.389. The highest BCUT2D eigenvalue weighted by Gasteiger charge is 2.33. The molecule has 5 heteroatoms. The van der Waals surface area contributed by atoms with E-state index in [1.54, 1.807) is 20.5 Å². The van der Waals surface area contributed by atoms with E-state index < -0.39 is 0 Å². The number of likely N-dealkylation sites (tertiary alicyclic amines) is 1. The zero-order valence-electron chi connectivity index (χ0n) is 13.7. The summed E-state index contributed by atoms with van der Waals surface area (Å²) in [7, 11) is 3.29. The van der Waals surface area contributed by atoms with Crippen molar-refractivity contribution in [1.29, 1.82) is 0 Å². The second kappa shape index (κ2) is 6.36. The van der Waals surface area contributed by atoms with Gasteiger partial charge in [0.05, 0.1) is 20.5 Å². The summed E-state index contributed by atoms with van der Waals surface area (Å²) in [4.78, 5) is 14.1. The van der Waals surface area contributed by atoms with Gasteiger partial charge in [0.25, 0.3) is 5.91 Å². The third-order valence-corrected chi connectivity index (χ3v) is 4.24. The zero-order valence-corrected chi connectivity index (χ0v) is 13.7. The summed E-state index contributed by atoms with van der Waals surface area (Å²) in [6.07, 6.45) is 2.46. The summed E-state index contributed by atoms with van der Waals surface area (Å²) in [5, 5.41) is 0. The number of amides is 1. The minimum absolute atomic E-state index is 0.0213. The lowest BCUT2D eigenvalue weighted by Gasteiger charge is -2.39. The molecule has 0 N–H and O–H groups in total. The number of carbonyl (C=O) groups is 1. The van der Waals surface area contributed by atoms with E-state index in [-0.39, 0.29) is 5.91 Å². The molecular formula is C18H21NO4. The number of benzene rings is 1. The number of methoxy groups -OCH3 is 2. The van der Waals surface area contributed by atoms with E-state index in [0.717, 1.165) is 42.1 Å². The predicted molar refractivity (Wildman–Crippen MR) is 86.1 cm³/mol. The molecule has 23 heavy (non-hydrogen) atoms. The topological polar surface area (TPSA) is 51.9 Å². The number of nitrogens with zero attached hydrogens (tertiary/aromatic N) is 1. The Balaban J connectivity index is 1.60. The maximum Gasteiger partial charge on any atom is 0.289 e. The fourth-order valence-electron chi connectivity index (χ4n) is 2.92. The van der Waals surface area contributed by atoms with E-state index in [4.69, 9.17) is 13.9 Å². The molecule has 0 aliphatic carbocycles. The highest BCUT2D eigenvalue weighted by atomic mass is 16.5. The number of aryl methyl sites for hydroxylation is 1. The average Bonchev–Trinajstić information content (AvgIpc) is 2.95. The van der Waals surface area contributed by atoms with Crippen LogP contribution in [-0.2, 0) is 6.42 Å². The van der Waals surface area contributed by atoms with Crippen molar-refractivity contribution in [3.8, 4) is 11.5 Å². The van der Waals surface area contributed by atoms with Crippen LogP contribution in [0.4, 0.5) is 0 Å². The maximum atomic E-state index is 12.3. The Morgan fingerprint density at radius 2 is 1.87 bits per heavy atom. The Labute approximate surface area is 135 Å². The Hall–Kier alpha value is -2.43. The minimum atomic E-state index is -0.0213. The number of ether oxygens (including phenoxy) is 2. The second-order valence-electron chi connectivity index (χ2n) is 5.93. The van der Waals surface area contributed by atoms with Crippen molar-refractivity contribution in [2.24, 2.45) is 5.92 Å². The molecule has 0 radical (unpaired) electrons. The van der Waals surface area contributed by atoms with E-state index in [9.17, 15) is 4.79 Å². The summed E-state index contributed by atoms with van der Waals surface area (Å²) >= 11 is 0. The standard InChI is InChI=1S/C18H21NO4/c1-12-4-5-23-17(12)18(20)19-10-14(11-19)6-13-7-15(21-2)9-16(8-13)22-3/h4-5,7-9,14H,6,10-11H2,1-3H3. The molecule has 5 nitrogen and oxygen atoms in total. The van der Waals surface area contributed by atoms with Gasteiger partial charge in [0.2, 0.25) is 0 Å². The smallest absolute Gasteiger partial charge is 0.289 e. The third-order valence-electron chi connectivity index (χ3n) is 4.24. The molecule has 2 heterocycles. The Morgan fingerprint density at radius 3 is 2.39 bits per heavy atom. The lowest BCUT2D eigenvalue weighted by atomic mass is 9.91. The van der Waals surface area contributed by atoms with Gasteiger partial charge in [-0.25, -0.2) is 0 Å². The number of furan rings is 1. The van der Waals surface area contributed by atoms with Crippen LogP contribution < -0.4 is 9.47 Å². The molecule has 1 aliphatic rings. The SMILES string of the molecule is COc1cc(CC2CN(C(=O)c3occc3C)C2)cc(OC)c1. The molecule has 3 rings (SSSR count).